The number of aryl methyl sites for hydroxylation is 1. The monoisotopic (exact) mass is 284 g/mol. The van der Waals surface area contributed by atoms with E-state index in [2.05, 4.69) is 26.0 Å². The van der Waals surface area contributed by atoms with Gasteiger partial charge in [-0.15, -0.1) is 12.4 Å². The molecule has 0 heterocycles. The SMILES string of the molecule is CN(CC(C)(C)CN)C(=O)CCc1ccccc1.Cl. The molecule has 0 radical (unpaired) electrons. The van der Waals surface area contributed by atoms with Crippen LogP contribution in [0.15, 0.2) is 30.3 Å². The summed E-state index contributed by atoms with van der Waals surface area (Å²) in [6.45, 7) is 5.45. The Morgan fingerprint density at radius 1 is 1.26 bits per heavy atom. The molecule has 1 aromatic rings. The van der Waals surface area contributed by atoms with Crippen LogP contribution in [0.25, 0.3) is 0 Å². The first-order chi connectivity index (χ1) is 8.44. The number of benzene rings is 1. The molecule has 4 heteroatoms. The second-order valence-electron chi connectivity index (χ2n) is 5.60. The van der Waals surface area contributed by atoms with Crippen LogP contribution in [0.2, 0.25) is 0 Å². The lowest BCUT2D eigenvalue weighted by Gasteiger charge is -2.29. The molecule has 108 valence electrons. The standard InChI is InChI=1S/C15H24N2O.ClH/c1-15(2,11-16)12-17(3)14(18)10-9-13-7-5-4-6-8-13;/h4-8H,9-12,16H2,1-3H3;1H. The van der Waals surface area contributed by atoms with Crippen LogP contribution in [0.4, 0.5) is 0 Å². The van der Waals surface area contributed by atoms with E-state index in [4.69, 9.17) is 5.73 Å². The average molecular weight is 285 g/mol. The number of nitrogens with two attached hydrogens (primary N) is 1. The highest BCUT2D eigenvalue weighted by Crippen LogP contribution is 2.14. The second-order valence-corrected chi connectivity index (χ2v) is 5.60. The maximum atomic E-state index is 12.0. The van der Waals surface area contributed by atoms with Crippen molar-refractivity contribution < 1.29 is 4.79 Å². The average Bonchev–Trinajstić information content (AvgIpc) is 2.36. The molecule has 0 bridgehead atoms. The molecule has 1 aromatic carbocycles. The lowest BCUT2D eigenvalue weighted by molar-refractivity contribution is -0.131. The molecule has 0 aliphatic heterocycles. The first-order valence-electron chi connectivity index (χ1n) is 6.42. The largest absolute Gasteiger partial charge is 0.345 e. The lowest BCUT2D eigenvalue weighted by atomic mass is 9.93. The molecule has 3 nitrogen and oxygen atoms in total. The van der Waals surface area contributed by atoms with Crippen LogP contribution in [0.3, 0.4) is 0 Å². The van der Waals surface area contributed by atoms with Crippen LogP contribution in [0.5, 0.6) is 0 Å². The fourth-order valence-electron chi connectivity index (χ4n) is 1.88. The van der Waals surface area contributed by atoms with Gasteiger partial charge >= 0.3 is 0 Å². The fraction of sp³-hybridized carbons (Fsp3) is 0.533. The fourth-order valence-corrected chi connectivity index (χ4v) is 1.88. The molecule has 19 heavy (non-hydrogen) atoms. The second kappa shape index (κ2) is 8.18. The van der Waals surface area contributed by atoms with Gasteiger partial charge < -0.3 is 10.6 Å². The molecule has 0 aromatic heterocycles. The van der Waals surface area contributed by atoms with Gasteiger partial charge in [-0.1, -0.05) is 44.2 Å². The van der Waals surface area contributed by atoms with Crippen molar-refractivity contribution in [3.8, 4) is 0 Å². The zero-order valence-corrected chi connectivity index (χ0v) is 12.9. The Kier molecular flexibility index (Phi) is 7.72. The van der Waals surface area contributed by atoms with Crippen molar-refractivity contribution in [2.45, 2.75) is 26.7 Å². The predicted octanol–water partition coefficient (Wildman–Crippen LogP) is 2.48. The van der Waals surface area contributed by atoms with Crippen LogP contribution >= 0.6 is 12.4 Å². The number of hydrogen-bond donors (Lipinski definition) is 1. The van der Waals surface area contributed by atoms with Crippen LogP contribution in [-0.4, -0.2) is 30.9 Å². The first-order valence-corrected chi connectivity index (χ1v) is 6.42. The highest BCUT2D eigenvalue weighted by Gasteiger charge is 2.20. The first kappa shape index (κ1) is 17.9. The number of carbonyl (C=O) groups excluding carboxylic acids is 1. The molecule has 1 rings (SSSR count). The molecular formula is C15H25ClN2O. The van der Waals surface area contributed by atoms with Crippen molar-refractivity contribution >= 4 is 18.3 Å². The topological polar surface area (TPSA) is 46.3 Å². The van der Waals surface area contributed by atoms with Crippen molar-refractivity contribution in [3.63, 3.8) is 0 Å². The third-order valence-corrected chi connectivity index (χ3v) is 3.11. The van der Waals surface area contributed by atoms with Gasteiger partial charge in [-0.2, -0.15) is 0 Å². The molecular weight excluding hydrogens is 260 g/mol. The van der Waals surface area contributed by atoms with E-state index in [-0.39, 0.29) is 23.7 Å². The zero-order valence-electron chi connectivity index (χ0n) is 12.1. The number of carbonyl (C=O) groups is 1. The molecule has 0 spiro atoms. The van der Waals surface area contributed by atoms with Crippen LogP contribution in [-0.2, 0) is 11.2 Å². The summed E-state index contributed by atoms with van der Waals surface area (Å²) in [5, 5.41) is 0. The molecule has 2 N–H and O–H groups in total. The summed E-state index contributed by atoms with van der Waals surface area (Å²) in [6.07, 6.45) is 1.36. The van der Waals surface area contributed by atoms with Gasteiger partial charge in [0.15, 0.2) is 0 Å². The number of halogens is 1. The van der Waals surface area contributed by atoms with Gasteiger partial charge in [-0.05, 0) is 23.9 Å². The number of hydrogen-bond acceptors (Lipinski definition) is 2. The molecule has 0 aliphatic carbocycles. The van der Waals surface area contributed by atoms with Gasteiger partial charge in [0.2, 0.25) is 5.91 Å². The van der Waals surface area contributed by atoms with Gasteiger partial charge in [0.1, 0.15) is 0 Å². The van der Waals surface area contributed by atoms with Gasteiger partial charge in [-0.25, -0.2) is 0 Å². The van der Waals surface area contributed by atoms with E-state index in [1.165, 1.54) is 5.56 Å². The minimum atomic E-state index is -0.0167. The molecule has 0 fully saturated rings. The Balaban J connectivity index is 0.00000324. The van der Waals surface area contributed by atoms with Crippen molar-refractivity contribution in [2.75, 3.05) is 20.1 Å². The molecule has 0 atom stereocenters. The molecule has 0 saturated carbocycles. The van der Waals surface area contributed by atoms with E-state index < -0.39 is 0 Å². The highest BCUT2D eigenvalue weighted by molar-refractivity contribution is 5.85. The third kappa shape index (κ3) is 6.60. The summed E-state index contributed by atoms with van der Waals surface area (Å²) < 4.78 is 0. The van der Waals surface area contributed by atoms with E-state index in [1.54, 1.807) is 4.90 Å². The zero-order chi connectivity index (χ0) is 13.6. The highest BCUT2D eigenvalue weighted by atomic mass is 35.5. The molecule has 1 amide bonds. The van der Waals surface area contributed by atoms with E-state index in [0.717, 1.165) is 6.42 Å². The summed E-state index contributed by atoms with van der Waals surface area (Å²) in [6, 6.07) is 10.1. The van der Waals surface area contributed by atoms with E-state index in [9.17, 15) is 4.79 Å². The van der Waals surface area contributed by atoms with Gasteiger partial charge in [0, 0.05) is 20.0 Å². The van der Waals surface area contributed by atoms with Crippen molar-refractivity contribution in [3.05, 3.63) is 35.9 Å². The predicted molar refractivity (Wildman–Crippen MR) is 82.5 cm³/mol. The number of nitrogens with zero attached hydrogens (tertiary/aromatic N) is 1. The van der Waals surface area contributed by atoms with Crippen molar-refractivity contribution in [2.24, 2.45) is 11.1 Å². The maximum absolute atomic E-state index is 12.0. The minimum absolute atomic E-state index is 0. The Hall–Kier alpha value is -1.06. The lowest BCUT2D eigenvalue weighted by Crippen LogP contribution is -2.39. The molecule has 0 unspecified atom stereocenters. The van der Waals surface area contributed by atoms with Gasteiger partial charge in [-0.3, -0.25) is 4.79 Å². The summed E-state index contributed by atoms with van der Waals surface area (Å²) in [7, 11) is 1.85. The number of rotatable bonds is 6. The minimum Gasteiger partial charge on any atom is -0.345 e. The molecule has 0 saturated heterocycles. The summed E-state index contributed by atoms with van der Waals surface area (Å²) in [5.41, 5.74) is 6.87. The Morgan fingerprint density at radius 3 is 2.37 bits per heavy atom. The van der Waals surface area contributed by atoms with E-state index in [1.807, 2.05) is 25.2 Å². The molecule has 0 aliphatic rings. The van der Waals surface area contributed by atoms with Gasteiger partial charge in [0.25, 0.3) is 0 Å². The summed E-state index contributed by atoms with van der Waals surface area (Å²) >= 11 is 0. The Bertz CT molecular complexity index is 379. The normalized spacial score (nSPS) is 10.7. The Labute approximate surface area is 122 Å². The quantitative estimate of drug-likeness (QED) is 0.872. The van der Waals surface area contributed by atoms with Gasteiger partial charge in [0.05, 0.1) is 0 Å². The number of amides is 1. The van der Waals surface area contributed by atoms with Crippen LogP contribution < -0.4 is 5.73 Å². The van der Waals surface area contributed by atoms with Crippen molar-refractivity contribution in [1.29, 1.82) is 0 Å². The smallest absolute Gasteiger partial charge is 0.222 e. The third-order valence-electron chi connectivity index (χ3n) is 3.11. The van der Waals surface area contributed by atoms with E-state index in [0.29, 0.717) is 19.5 Å². The summed E-state index contributed by atoms with van der Waals surface area (Å²) in [4.78, 5) is 13.8. The van der Waals surface area contributed by atoms with E-state index >= 15 is 0 Å². The summed E-state index contributed by atoms with van der Waals surface area (Å²) in [5.74, 6) is 0.181. The van der Waals surface area contributed by atoms with Crippen LogP contribution in [0.1, 0.15) is 25.8 Å². The van der Waals surface area contributed by atoms with Crippen LogP contribution in [0, 0.1) is 5.41 Å². The maximum Gasteiger partial charge on any atom is 0.222 e. The van der Waals surface area contributed by atoms with Crippen molar-refractivity contribution in [1.82, 2.24) is 4.90 Å². The Morgan fingerprint density at radius 2 is 1.84 bits per heavy atom.